The molecule has 2 N–H and O–H groups in total. The number of hydrogen-bond acceptors (Lipinski definition) is 5. The highest BCUT2D eigenvalue weighted by Gasteiger charge is 2.16. The maximum atomic E-state index is 5.35. The first-order valence-corrected chi connectivity index (χ1v) is 9.08. The fourth-order valence-electron chi connectivity index (χ4n) is 3.13. The number of aryl methyl sites for hydroxylation is 2. The van der Waals surface area contributed by atoms with Crippen LogP contribution in [-0.4, -0.2) is 45.5 Å². The molecule has 7 heteroatoms. The zero-order chi connectivity index (χ0) is 19.8. The Bertz CT molecular complexity index is 751. The van der Waals surface area contributed by atoms with Gasteiger partial charge >= 0.3 is 0 Å². The van der Waals surface area contributed by atoms with Crippen molar-refractivity contribution < 1.29 is 14.0 Å². The number of rotatable bonds is 8. The molecule has 0 amide bonds. The summed E-state index contributed by atoms with van der Waals surface area (Å²) >= 11 is 0. The minimum Gasteiger partial charge on any atom is -0.493 e. The highest BCUT2D eigenvalue weighted by Crippen LogP contribution is 2.27. The van der Waals surface area contributed by atoms with Crippen LogP contribution in [0.2, 0.25) is 0 Å². The standard InChI is InChI=1S/C20H30N4O3/c1-13(19-14(2)24-27-15(19)3)12-23-20(21-4)22-10-9-16-7-8-17(25-5)18(11-16)26-6/h7-8,11,13H,9-10,12H2,1-6H3,(H2,21,22,23). The van der Waals surface area contributed by atoms with Gasteiger partial charge in [-0.3, -0.25) is 4.99 Å². The molecule has 0 aliphatic carbocycles. The van der Waals surface area contributed by atoms with Gasteiger partial charge in [-0.2, -0.15) is 0 Å². The molecule has 2 aromatic rings. The second-order valence-corrected chi connectivity index (χ2v) is 6.46. The van der Waals surface area contributed by atoms with Crippen LogP contribution in [0.25, 0.3) is 0 Å². The number of methoxy groups -OCH3 is 2. The molecule has 1 aromatic carbocycles. The molecular formula is C20H30N4O3. The van der Waals surface area contributed by atoms with Gasteiger partial charge in [0.05, 0.1) is 19.9 Å². The number of guanidine groups is 1. The second kappa shape index (κ2) is 9.85. The Morgan fingerprint density at radius 2 is 1.93 bits per heavy atom. The zero-order valence-electron chi connectivity index (χ0n) is 17.0. The summed E-state index contributed by atoms with van der Waals surface area (Å²) < 4.78 is 15.9. The van der Waals surface area contributed by atoms with Gasteiger partial charge in [0.15, 0.2) is 17.5 Å². The van der Waals surface area contributed by atoms with E-state index < -0.39 is 0 Å². The summed E-state index contributed by atoms with van der Waals surface area (Å²) in [4.78, 5) is 4.29. The molecule has 1 heterocycles. The molecular weight excluding hydrogens is 344 g/mol. The summed E-state index contributed by atoms with van der Waals surface area (Å²) in [5.41, 5.74) is 3.26. The number of nitrogens with zero attached hydrogens (tertiary/aromatic N) is 2. The van der Waals surface area contributed by atoms with Crippen LogP contribution in [0.4, 0.5) is 0 Å². The van der Waals surface area contributed by atoms with Crippen LogP contribution < -0.4 is 20.1 Å². The van der Waals surface area contributed by atoms with Crippen LogP contribution >= 0.6 is 0 Å². The summed E-state index contributed by atoms with van der Waals surface area (Å²) in [6, 6.07) is 5.96. The van der Waals surface area contributed by atoms with Gasteiger partial charge in [0, 0.05) is 31.6 Å². The zero-order valence-corrected chi connectivity index (χ0v) is 17.0. The number of aliphatic imine (C=N–C) groups is 1. The van der Waals surface area contributed by atoms with Gasteiger partial charge < -0.3 is 24.6 Å². The van der Waals surface area contributed by atoms with Crippen LogP contribution in [0.1, 0.15) is 35.4 Å². The fourth-order valence-corrected chi connectivity index (χ4v) is 3.13. The molecule has 2 rings (SSSR count). The summed E-state index contributed by atoms with van der Waals surface area (Å²) in [5, 5.41) is 10.7. The Balaban J connectivity index is 1.84. The molecule has 7 nitrogen and oxygen atoms in total. The molecule has 1 atom stereocenters. The SMILES string of the molecule is CN=C(NCCc1ccc(OC)c(OC)c1)NCC(C)c1c(C)noc1C. The lowest BCUT2D eigenvalue weighted by Gasteiger charge is -2.16. The topological polar surface area (TPSA) is 80.9 Å². The predicted molar refractivity (Wildman–Crippen MR) is 107 cm³/mol. The molecule has 0 spiro atoms. The predicted octanol–water partition coefficient (Wildman–Crippen LogP) is 2.82. The summed E-state index contributed by atoms with van der Waals surface area (Å²) in [6.07, 6.45) is 0.848. The van der Waals surface area contributed by atoms with E-state index in [1.165, 1.54) is 5.56 Å². The van der Waals surface area contributed by atoms with Gasteiger partial charge in [-0.05, 0) is 38.0 Å². The van der Waals surface area contributed by atoms with Crippen molar-refractivity contribution in [1.29, 1.82) is 0 Å². The molecule has 0 radical (unpaired) electrons. The fraction of sp³-hybridized carbons (Fsp3) is 0.500. The van der Waals surface area contributed by atoms with Crippen molar-refractivity contribution in [3.8, 4) is 11.5 Å². The maximum Gasteiger partial charge on any atom is 0.191 e. The van der Waals surface area contributed by atoms with Gasteiger partial charge in [-0.1, -0.05) is 18.1 Å². The van der Waals surface area contributed by atoms with E-state index in [4.69, 9.17) is 14.0 Å². The first-order valence-electron chi connectivity index (χ1n) is 9.08. The van der Waals surface area contributed by atoms with E-state index in [9.17, 15) is 0 Å². The lowest BCUT2D eigenvalue weighted by Crippen LogP contribution is -2.40. The first-order chi connectivity index (χ1) is 13.0. The Morgan fingerprint density at radius 3 is 2.52 bits per heavy atom. The third-order valence-corrected chi connectivity index (χ3v) is 4.53. The Kier molecular flexibility index (Phi) is 7.52. The molecule has 0 aliphatic rings. The molecule has 1 unspecified atom stereocenters. The minimum atomic E-state index is 0.278. The van der Waals surface area contributed by atoms with Crippen LogP contribution in [0.5, 0.6) is 11.5 Å². The van der Waals surface area contributed by atoms with Crippen molar-refractivity contribution in [3.63, 3.8) is 0 Å². The van der Waals surface area contributed by atoms with Crippen molar-refractivity contribution in [2.75, 3.05) is 34.4 Å². The molecule has 0 saturated heterocycles. The largest absolute Gasteiger partial charge is 0.493 e. The minimum absolute atomic E-state index is 0.278. The molecule has 27 heavy (non-hydrogen) atoms. The molecule has 0 aliphatic heterocycles. The van der Waals surface area contributed by atoms with Gasteiger partial charge in [-0.15, -0.1) is 0 Å². The van der Waals surface area contributed by atoms with Gasteiger partial charge in [0.1, 0.15) is 5.76 Å². The van der Waals surface area contributed by atoms with E-state index in [2.05, 4.69) is 27.7 Å². The molecule has 0 saturated carbocycles. The maximum absolute atomic E-state index is 5.35. The van der Waals surface area contributed by atoms with E-state index in [1.807, 2.05) is 32.0 Å². The third kappa shape index (κ3) is 5.39. The number of aromatic nitrogens is 1. The van der Waals surface area contributed by atoms with Crippen LogP contribution in [0.15, 0.2) is 27.7 Å². The Morgan fingerprint density at radius 1 is 1.19 bits per heavy atom. The molecule has 0 bridgehead atoms. The Hall–Kier alpha value is -2.70. The average molecular weight is 374 g/mol. The third-order valence-electron chi connectivity index (χ3n) is 4.53. The lowest BCUT2D eigenvalue weighted by molar-refractivity contribution is 0.354. The molecule has 1 aromatic heterocycles. The smallest absolute Gasteiger partial charge is 0.191 e. The van der Waals surface area contributed by atoms with Gasteiger partial charge in [0.2, 0.25) is 0 Å². The second-order valence-electron chi connectivity index (χ2n) is 6.46. The van der Waals surface area contributed by atoms with E-state index in [0.717, 1.165) is 54.0 Å². The summed E-state index contributed by atoms with van der Waals surface area (Å²) in [6.45, 7) is 7.57. The number of benzene rings is 1. The van der Waals surface area contributed by atoms with E-state index in [1.54, 1.807) is 21.3 Å². The van der Waals surface area contributed by atoms with Crippen LogP contribution in [0.3, 0.4) is 0 Å². The van der Waals surface area contributed by atoms with Gasteiger partial charge in [0.25, 0.3) is 0 Å². The van der Waals surface area contributed by atoms with E-state index in [0.29, 0.717) is 0 Å². The van der Waals surface area contributed by atoms with Crippen molar-refractivity contribution in [2.24, 2.45) is 4.99 Å². The van der Waals surface area contributed by atoms with E-state index >= 15 is 0 Å². The van der Waals surface area contributed by atoms with Gasteiger partial charge in [-0.25, -0.2) is 0 Å². The number of hydrogen-bond donors (Lipinski definition) is 2. The molecule has 0 fully saturated rings. The number of nitrogens with one attached hydrogen (secondary N) is 2. The quantitative estimate of drug-likeness (QED) is 0.546. The van der Waals surface area contributed by atoms with Crippen LogP contribution in [-0.2, 0) is 6.42 Å². The lowest BCUT2D eigenvalue weighted by atomic mass is 10.00. The highest BCUT2D eigenvalue weighted by atomic mass is 16.5. The van der Waals surface area contributed by atoms with E-state index in [-0.39, 0.29) is 5.92 Å². The van der Waals surface area contributed by atoms with Crippen molar-refractivity contribution in [2.45, 2.75) is 33.1 Å². The highest BCUT2D eigenvalue weighted by molar-refractivity contribution is 5.79. The normalized spacial score (nSPS) is 12.6. The average Bonchev–Trinajstić information content (AvgIpc) is 3.02. The Labute approximate surface area is 161 Å². The monoisotopic (exact) mass is 374 g/mol. The van der Waals surface area contributed by atoms with Crippen molar-refractivity contribution in [3.05, 3.63) is 40.8 Å². The van der Waals surface area contributed by atoms with Crippen molar-refractivity contribution in [1.82, 2.24) is 15.8 Å². The summed E-state index contributed by atoms with van der Waals surface area (Å²) in [5.74, 6) is 3.40. The number of ether oxygens (including phenoxy) is 2. The van der Waals surface area contributed by atoms with Crippen LogP contribution in [0, 0.1) is 13.8 Å². The summed E-state index contributed by atoms with van der Waals surface area (Å²) in [7, 11) is 5.05. The first kappa shape index (κ1) is 20.6. The van der Waals surface area contributed by atoms with Crippen molar-refractivity contribution >= 4 is 5.96 Å². The molecule has 148 valence electrons.